The fourth-order valence-corrected chi connectivity index (χ4v) is 2.91. The minimum Gasteiger partial charge on any atom is -0.317 e. The molecule has 0 amide bonds. The van der Waals surface area contributed by atoms with Gasteiger partial charge < -0.3 is 15.3 Å². The van der Waals surface area contributed by atoms with Gasteiger partial charge in [-0.15, -0.1) is 12.4 Å². The molecule has 1 aromatic heterocycles. The fraction of sp³-hybridized carbons (Fsp3) is 0.357. The molecule has 102 valence electrons. The Balaban J connectivity index is 0.00000133. The zero-order valence-corrected chi connectivity index (χ0v) is 11.4. The van der Waals surface area contributed by atoms with Crippen LogP contribution in [-0.2, 0) is 5.41 Å². The van der Waals surface area contributed by atoms with Gasteiger partial charge >= 0.3 is 5.69 Å². The second-order valence-corrected chi connectivity index (χ2v) is 4.85. The van der Waals surface area contributed by atoms with Gasteiger partial charge in [-0.1, -0.05) is 30.3 Å². The predicted molar refractivity (Wildman–Crippen MR) is 78.0 cm³/mol. The SMILES string of the molecule is Cl.O=c1[nH]cc(C2(c3ccccc3)CCNCC2)[nH]1. The monoisotopic (exact) mass is 279 g/mol. The summed E-state index contributed by atoms with van der Waals surface area (Å²) in [4.78, 5) is 17.1. The van der Waals surface area contributed by atoms with Crippen LogP contribution < -0.4 is 11.0 Å². The minimum absolute atomic E-state index is 0. The summed E-state index contributed by atoms with van der Waals surface area (Å²) in [5.41, 5.74) is 2.09. The van der Waals surface area contributed by atoms with E-state index in [1.165, 1.54) is 5.56 Å². The number of imidazole rings is 1. The van der Waals surface area contributed by atoms with Crippen LogP contribution in [0.5, 0.6) is 0 Å². The van der Waals surface area contributed by atoms with Crippen LogP contribution in [0, 0.1) is 0 Å². The average Bonchev–Trinajstić information content (AvgIpc) is 2.88. The number of H-pyrrole nitrogens is 2. The molecule has 0 unspecified atom stereocenters. The first kappa shape index (κ1) is 13.9. The Hall–Kier alpha value is -1.52. The third-order valence-electron chi connectivity index (χ3n) is 3.89. The molecule has 1 aliphatic rings. The van der Waals surface area contributed by atoms with E-state index >= 15 is 0 Å². The van der Waals surface area contributed by atoms with Crippen molar-refractivity contribution in [2.45, 2.75) is 18.3 Å². The molecule has 1 aromatic carbocycles. The van der Waals surface area contributed by atoms with Crippen LogP contribution in [0.1, 0.15) is 24.1 Å². The molecule has 2 aromatic rings. The molecular formula is C14H18ClN3O. The Morgan fingerprint density at radius 3 is 2.32 bits per heavy atom. The van der Waals surface area contributed by atoms with E-state index in [1.807, 2.05) is 12.3 Å². The third-order valence-corrected chi connectivity index (χ3v) is 3.89. The van der Waals surface area contributed by atoms with Gasteiger partial charge in [-0.3, -0.25) is 0 Å². The lowest BCUT2D eigenvalue weighted by atomic mass is 9.71. The zero-order valence-electron chi connectivity index (χ0n) is 10.6. The van der Waals surface area contributed by atoms with Gasteiger partial charge in [0.1, 0.15) is 0 Å². The second kappa shape index (κ2) is 5.63. The van der Waals surface area contributed by atoms with E-state index in [9.17, 15) is 4.79 Å². The van der Waals surface area contributed by atoms with Crippen LogP contribution in [0.15, 0.2) is 41.3 Å². The van der Waals surface area contributed by atoms with Crippen molar-refractivity contribution >= 4 is 12.4 Å². The maximum atomic E-state index is 11.4. The molecule has 4 nitrogen and oxygen atoms in total. The van der Waals surface area contributed by atoms with Crippen LogP contribution in [-0.4, -0.2) is 23.1 Å². The van der Waals surface area contributed by atoms with E-state index in [-0.39, 0.29) is 23.5 Å². The van der Waals surface area contributed by atoms with Crippen LogP contribution in [0.3, 0.4) is 0 Å². The molecule has 0 atom stereocenters. The number of piperidine rings is 1. The number of rotatable bonds is 2. The highest BCUT2D eigenvalue weighted by molar-refractivity contribution is 5.85. The van der Waals surface area contributed by atoms with E-state index in [0.717, 1.165) is 31.6 Å². The van der Waals surface area contributed by atoms with Gasteiger partial charge in [0.05, 0.1) is 0 Å². The van der Waals surface area contributed by atoms with E-state index in [0.29, 0.717) is 0 Å². The Bertz CT molecular complexity index is 570. The number of aromatic amines is 2. The van der Waals surface area contributed by atoms with E-state index in [4.69, 9.17) is 0 Å². The van der Waals surface area contributed by atoms with Gasteiger partial charge in [-0.2, -0.15) is 0 Å². The first-order valence-corrected chi connectivity index (χ1v) is 6.36. The van der Waals surface area contributed by atoms with Crippen molar-refractivity contribution in [3.05, 3.63) is 58.3 Å². The minimum atomic E-state index is -0.126. The smallest absolute Gasteiger partial charge is 0.317 e. The molecule has 19 heavy (non-hydrogen) atoms. The maximum absolute atomic E-state index is 11.4. The number of halogens is 1. The van der Waals surface area contributed by atoms with E-state index in [2.05, 4.69) is 39.6 Å². The Labute approximate surface area is 118 Å². The normalized spacial score (nSPS) is 17.7. The fourth-order valence-electron chi connectivity index (χ4n) is 2.91. The summed E-state index contributed by atoms with van der Waals surface area (Å²) in [6.45, 7) is 1.95. The summed E-state index contributed by atoms with van der Waals surface area (Å²) in [7, 11) is 0. The molecule has 3 rings (SSSR count). The zero-order chi connectivity index (χ0) is 12.4. The van der Waals surface area contributed by atoms with E-state index < -0.39 is 0 Å². The van der Waals surface area contributed by atoms with Crippen molar-refractivity contribution < 1.29 is 0 Å². The van der Waals surface area contributed by atoms with Crippen molar-refractivity contribution in [2.75, 3.05) is 13.1 Å². The van der Waals surface area contributed by atoms with Crippen molar-refractivity contribution in [3.63, 3.8) is 0 Å². The maximum Gasteiger partial charge on any atom is 0.323 e. The number of hydrogen-bond acceptors (Lipinski definition) is 2. The molecule has 0 bridgehead atoms. The largest absolute Gasteiger partial charge is 0.323 e. The molecule has 0 aliphatic carbocycles. The number of aromatic nitrogens is 2. The lowest BCUT2D eigenvalue weighted by Crippen LogP contribution is -2.41. The van der Waals surface area contributed by atoms with Crippen LogP contribution in [0.25, 0.3) is 0 Å². The summed E-state index contributed by atoms with van der Waals surface area (Å²) < 4.78 is 0. The molecule has 0 radical (unpaired) electrons. The van der Waals surface area contributed by atoms with Crippen molar-refractivity contribution in [1.82, 2.24) is 15.3 Å². The summed E-state index contributed by atoms with van der Waals surface area (Å²) in [5, 5.41) is 3.38. The van der Waals surface area contributed by atoms with Gasteiger partial charge in [0.25, 0.3) is 0 Å². The highest BCUT2D eigenvalue weighted by Crippen LogP contribution is 2.38. The standard InChI is InChI=1S/C14H17N3O.ClH/c18-13-16-10-12(17-13)14(6-8-15-9-7-14)11-4-2-1-3-5-11;/h1-5,10,15H,6-9H2,(H2,16,17,18);1H. The highest BCUT2D eigenvalue weighted by atomic mass is 35.5. The van der Waals surface area contributed by atoms with Crippen LogP contribution in [0.2, 0.25) is 0 Å². The van der Waals surface area contributed by atoms with Gasteiger partial charge in [-0.05, 0) is 31.5 Å². The van der Waals surface area contributed by atoms with Crippen molar-refractivity contribution in [1.29, 1.82) is 0 Å². The number of nitrogens with one attached hydrogen (secondary N) is 3. The molecule has 3 N–H and O–H groups in total. The lowest BCUT2D eigenvalue weighted by Gasteiger charge is -2.37. The highest BCUT2D eigenvalue weighted by Gasteiger charge is 2.36. The topological polar surface area (TPSA) is 60.7 Å². The molecule has 1 saturated heterocycles. The molecular weight excluding hydrogens is 262 g/mol. The summed E-state index contributed by atoms with van der Waals surface area (Å²) >= 11 is 0. The average molecular weight is 280 g/mol. The molecule has 2 heterocycles. The molecule has 1 fully saturated rings. The molecule has 1 aliphatic heterocycles. The number of hydrogen-bond donors (Lipinski definition) is 3. The Morgan fingerprint density at radius 1 is 1.05 bits per heavy atom. The lowest BCUT2D eigenvalue weighted by molar-refractivity contribution is 0.355. The molecule has 0 spiro atoms. The van der Waals surface area contributed by atoms with E-state index in [1.54, 1.807) is 0 Å². The molecule has 0 saturated carbocycles. The third kappa shape index (κ3) is 2.46. The summed E-state index contributed by atoms with van der Waals surface area (Å²) in [5.74, 6) is 0. The van der Waals surface area contributed by atoms with Crippen molar-refractivity contribution in [3.8, 4) is 0 Å². The number of benzene rings is 1. The predicted octanol–water partition coefficient (Wildman–Crippen LogP) is 1.79. The summed E-state index contributed by atoms with van der Waals surface area (Å²) in [6, 6.07) is 10.4. The van der Waals surface area contributed by atoms with Gasteiger partial charge in [0, 0.05) is 17.3 Å². The van der Waals surface area contributed by atoms with Crippen LogP contribution >= 0.6 is 12.4 Å². The Kier molecular flexibility index (Phi) is 4.12. The van der Waals surface area contributed by atoms with Gasteiger partial charge in [0.15, 0.2) is 0 Å². The van der Waals surface area contributed by atoms with Crippen LogP contribution in [0.4, 0.5) is 0 Å². The van der Waals surface area contributed by atoms with Crippen molar-refractivity contribution in [2.24, 2.45) is 0 Å². The quantitative estimate of drug-likeness (QED) is 0.785. The van der Waals surface area contributed by atoms with Gasteiger partial charge in [-0.25, -0.2) is 4.79 Å². The first-order valence-electron chi connectivity index (χ1n) is 6.36. The first-order chi connectivity index (χ1) is 8.81. The summed E-state index contributed by atoms with van der Waals surface area (Å²) in [6.07, 6.45) is 3.83. The van der Waals surface area contributed by atoms with Gasteiger partial charge in [0.2, 0.25) is 0 Å². The second-order valence-electron chi connectivity index (χ2n) is 4.85. The molecule has 5 heteroatoms. The Morgan fingerprint density at radius 2 is 1.74 bits per heavy atom.